The highest BCUT2D eigenvalue weighted by Gasteiger charge is 2.14. The predicted molar refractivity (Wildman–Crippen MR) is 75.2 cm³/mol. The third-order valence-corrected chi connectivity index (χ3v) is 3.58. The van der Waals surface area contributed by atoms with Gasteiger partial charge in [-0.15, -0.1) is 0 Å². The molecular formula is C12H11BrClN3O. The lowest BCUT2D eigenvalue weighted by molar-refractivity contribution is 0.102. The van der Waals surface area contributed by atoms with Crippen LogP contribution >= 0.6 is 27.5 Å². The van der Waals surface area contributed by atoms with E-state index in [9.17, 15) is 4.79 Å². The molecule has 0 saturated carbocycles. The molecule has 0 radical (unpaired) electrons. The minimum absolute atomic E-state index is 0.251. The number of H-pyrrole nitrogens is 1. The molecule has 0 saturated heterocycles. The van der Waals surface area contributed by atoms with Gasteiger partial charge >= 0.3 is 0 Å². The second-order valence-electron chi connectivity index (χ2n) is 3.90. The number of rotatable bonds is 2. The van der Waals surface area contributed by atoms with Crippen LogP contribution in [0.5, 0.6) is 0 Å². The van der Waals surface area contributed by atoms with E-state index in [0.717, 1.165) is 11.3 Å². The van der Waals surface area contributed by atoms with E-state index in [1.807, 2.05) is 13.8 Å². The van der Waals surface area contributed by atoms with E-state index >= 15 is 0 Å². The van der Waals surface area contributed by atoms with E-state index in [0.29, 0.717) is 20.9 Å². The third-order valence-electron chi connectivity index (χ3n) is 2.66. The van der Waals surface area contributed by atoms with Gasteiger partial charge in [-0.25, -0.2) is 0 Å². The van der Waals surface area contributed by atoms with Crippen molar-refractivity contribution in [2.45, 2.75) is 13.8 Å². The van der Waals surface area contributed by atoms with Gasteiger partial charge < -0.3 is 5.32 Å². The number of aromatic amines is 1. The van der Waals surface area contributed by atoms with Crippen LogP contribution in [0.2, 0.25) is 5.02 Å². The van der Waals surface area contributed by atoms with Gasteiger partial charge in [0.1, 0.15) is 0 Å². The average Bonchev–Trinajstić information content (AvgIpc) is 2.64. The molecule has 2 aromatic rings. The van der Waals surface area contributed by atoms with Crippen LogP contribution in [0, 0.1) is 13.8 Å². The molecule has 4 nitrogen and oxygen atoms in total. The van der Waals surface area contributed by atoms with Crippen molar-refractivity contribution in [3.8, 4) is 0 Å². The van der Waals surface area contributed by atoms with Gasteiger partial charge in [0, 0.05) is 20.8 Å². The number of halogens is 2. The summed E-state index contributed by atoms with van der Waals surface area (Å²) >= 11 is 9.20. The molecule has 94 valence electrons. The van der Waals surface area contributed by atoms with E-state index in [4.69, 9.17) is 11.6 Å². The summed E-state index contributed by atoms with van der Waals surface area (Å²) in [5.41, 5.74) is 2.32. The van der Waals surface area contributed by atoms with Gasteiger partial charge in [0.15, 0.2) is 5.82 Å². The second kappa shape index (κ2) is 5.12. The summed E-state index contributed by atoms with van der Waals surface area (Å²) in [5, 5.41) is 10.1. The molecule has 0 fully saturated rings. The summed E-state index contributed by atoms with van der Waals surface area (Å²) in [7, 11) is 0. The number of aromatic nitrogens is 2. The van der Waals surface area contributed by atoms with Gasteiger partial charge in [0.05, 0.1) is 5.56 Å². The molecule has 0 atom stereocenters. The smallest absolute Gasteiger partial charge is 0.258 e. The molecule has 0 aliphatic heterocycles. The van der Waals surface area contributed by atoms with Crippen molar-refractivity contribution in [3.63, 3.8) is 0 Å². The average molecular weight is 329 g/mol. The SMILES string of the molecule is Cc1[nH]nc(NC(=O)c2cc(Cl)ccc2Br)c1C. The van der Waals surface area contributed by atoms with Crippen LogP contribution < -0.4 is 5.32 Å². The standard InChI is InChI=1S/C12H11BrClN3O/c1-6-7(2)16-17-11(6)15-12(18)9-5-8(14)3-4-10(9)13/h3-5H,1-2H3,(H2,15,16,17,18). The van der Waals surface area contributed by atoms with Crippen molar-refractivity contribution in [2.75, 3.05) is 5.32 Å². The Labute approximate surface area is 118 Å². The van der Waals surface area contributed by atoms with Gasteiger partial charge in [0.2, 0.25) is 0 Å². The number of anilines is 1. The van der Waals surface area contributed by atoms with E-state index in [-0.39, 0.29) is 5.91 Å². The maximum Gasteiger partial charge on any atom is 0.258 e. The predicted octanol–water partition coefficient (Wildman–Crippen LogP) is 3.69. The fourth-order valence-corrected chi connectivity index (χ4v) is 2.05. The van der Waals surface area contributed by atoms with Gasteiger partial charge in [-0.2, -0.15) is 5.10 Å². The van der Waals surface area contributed by atoms with Crippen molar-refractivity contribution in [3.05, 3.63) is 44.5 Å². The molecule has 1 amide bonds. The van der Waals surface area contributed by atoms with E-state index < -0.39 is 0 Å². The first-order valence-corrected chi connectivity index (χ1v) is 6.44. The summed E-state index contributed by atoms with van der Waals surface area (Å²) in [6, 6.07) is 5.06. The van der Waals surface area contributed by atoms with Crippen LogP contribution in [-0.2, 0) is 0 Å². The van der Waals surface area contributed by atoms with Gasteiger partial charge in [-0.1, -0.05) is 11.6 Å². The van der Waals surface area contributed by atoms with Crippen molar-refractivity contribution in [2.24, 2.45) is 0 Å². The van der Waals surface area contributed by atoms with Crippen LogP contribution in [0.3, 0.4) is 0 Å². The number of hydrogen-bond donors (Lipinski definition) is 2. The molecule has 2 rings (SSSR count). The molecule has 1 heterocycles. The van der Waals surface area contributed by atoms with Crippen LogP contribution in [-0.4, -0.2) is 16.1 Å². The zero-order valence-electron chi connectivity index (χ0n) is 9.84. The van der Waals surface area contributed by atoms with E-state index in [1.165, 1.54) is 0 Å². The molecule has 18 heavy (non-hydrogen) atoms. The molecule has 0 unspecified atom stereocenters. The monoisotopic (exact) mass is 327 g/mol. The minimum Gasteiger partial charge on any atom is -0.305 e. The lowest BCUT2D eigenvalue weighted by Gasteiger charge is -2.05. The number of benzene rings is 1. The van der Waals surface area contributed by atoms with Gasteiger partial charge in [0.25, 0.3) is 5.91 Å². The topological polar surface area (TPSA) is 57.8 Å². The molecule has 1 aromatic carbocycles. The highest BCUT2D eigenvalue weighted by molar-refractivity contribution is 9.10. The van der Waals surface area contributed by atoms with E-state index in [1.54, 1.807) is 18.2 Å². The highest BCUT2D eigenvalue weighted by Crippen LogP contribution is 2.23. The molecule has 1 aromatic heterocycles. The summed E-state index contributed by atoms with van der Waals surface area (Å²) < 4.78 is 0.689. The van der Waals surface area contributed by atoms with Crippen molar-refractivity contribution < 1.29 is 4.79 Å². The lowest BCUT2D eigenvalue weighted by atomic mass is 10.2. The Morgan fingerprint density at radius 2 is 2.17 bits per heavy atom. The quantitative estimate of drug-likeness (QED) is 0.883. The Morgan fingerprint density at radius 1 is 1.44 bits per heavy atom. The van der Waals surface area contributed by atoms with Gasteiger partial charge in [-0.05, 0) is 48.0 Å². The Kier molecular flexibility index (Phi) is 3.73. The zero-order chi connectivity index (χ0) is 13.3. The number of carbonyl (C=O) groups excluding carboxylic acids is 1. The summed E-state index contributed by atoms with van der Waals surface area (Å²) in [6.45, 7) is 3.79. The maximum absolute atomic E-state index is 12.1. The number of aryl methyl sites for hydroxylation is 1. The lowest BCUT2D eigenvalue weighted by Crippen LogP contribution is -2.13. The summed E-state index contributed by atoms with van der Waals surface area (Å²) in [6.07, 6.45) is 0. The molecule has 0 aliphatic carbocycles. The fourth-order valence-electron chi connectivity index (χ4n) is 1.45. The Hall–Kier alpha value is -1.33. The fraction of sp³-hybridized carbons (Fsp3) is 0.167. The van der Waals surface area contributed by atoms with Crippen LogP contribution in [0.25, 0.3) is 0 Å². The number of nitrogens with zero attached hydrogens (tertiary/aromatic N) is 1. The summed E-state index contributed by atoms with van der Waals surface area (Å²) in [5.74, 6) is 0.281. The molecule has 2 N–H and O–H groups in total. The Bertz CT molecular complexity index is 609. The van der Waals surface area contributed by atoms with Crippen molar-refractivity contribution >= 4 is 39.3 Å². The van der Waals surface area contributed by atoms with Crippen molar-refractivity contribution in [1.29, 1.82) is 0 Å². The largest absolute Gasteiger partial charge is 0.305 e. The molecule has 0 spiro atoms. The first-order valence-electron chi connectivity index (χ1n) is 5.27. The maximum atomic E-state index is 12.1. The first-order chi connectivity index (χ1) is 8.49. The molecular weight excluding hydrogens is 318 g/mol. The third kappa shape index (κ3) is 2.57. The molecule has 6 heteroatoms. The summed E-state index contributed by atoms with van der Waals surface area (Å²) in [4.78, 5) is 12.1. The van der Waals surface area contributed by atoms with Crippen molar-refractivity contribution in [1.82, 2.24) is 10.2 Å². The van der Waals surface area contributed by atoms with Crippen LogP contribution in [0.1, 0.15) is 21.6 Å². The first kappa shape index (κ1) is 13.1. The normalized spacial score (nSPS) is 10.4. The molecule has 0 bridgehead atoms. The number of nitrogens with one attached hydrogen (secondary N) is 2. The minimum atomic E-state index is -0.251. The van der Waals surface area contributed by atoms with E-state index in [2.05, 4.69) is 31.4 Å². The van der Waals surface area contributed by atoms with Crippen LogP contribution in [0.4, 0.5) is 5.82 Å². The number of carbonyl (C=O) groups is 1. The number of hydrogen-bond acceptors (Lipinski definition) is 2. The Morgan fingerprint density at radius 3 is 2.78 bits per heavy atom. The molecule has 0 aliphatic rings. The highest BCUT2D eigenvalue weighted by atomic mass is 79.9. The van der Waals surface area contributed by atoms with Crippen LogP contribution in [0.15, 0.2) is 22.7 Å². The Balaban J connectivity index is 2.27. The van der Waals surface area contributed by atoms with Gasteiger partial charge in [-0.3, -0.25) is 9.89 Å². The number of amides is 1. The zero-order valence-corrected chi connectivity index (χ0v) is 12.2. The second-order valence-corrected chi connectivity index (χ2v) is 5.19.